The molecule has 1 aliphatic rings. The van der Waals surface area contributed by atoms with Crippen LogP contribution in [0.15, 0.2) is 35.7 Å². The molecule has 1 aromatic carbocycles. The van der Waals surface area contributed by atoms with Crippen LogP contribution in [-0.4, -0.2) is 24.0 Å². The van der Waals surface area contributed by atoms with E-state index in [0.29, 0.717) is 17.5 Å². The molecule has 1 unspecified atom stereocenters. The molecule has 110 valence electrons. The lowest BCUT2D eigenvalue weighted by Crippen LogP contribution is -2.14. The standard InChI is InChI=1S/C16H19N3OS/c20-15(7-6-12-8-9-17-10-12)19-16-18-14(11-21-16)13-4-2-1-3-5-13/h1-5,11-12,17H,6-10H2,(H,18,19,20). The van der Waals surface area contributed by atoms with Gasteiger partial charge in [-0.3, -0.25) is 4.79 Å². The third-order valence-corrected chi connectivity index (χ3v) is 4.52. The van der Waals surface area contributed by atoms with Crippen LogP contribution in [0.5, 0.6) is 0 Å². The summed E-state index contributed by atoms with van der Waals surface area (Å²) >= 11 is 1.48. The van der Waals surface area contributed by atoms with Crippen molar-refractivity contribution in [2.75, 3.05) is 18.4 Å². The fourth-order valence-electron chi connectivity index (χ4n) is 2.55. The number of carbonyl (C=O) groups excluding carboxylic acids is 1. The first-order chi connectivity index (χ1) is 10.3. The first-order valence-corrected chi connectivity index (χ1v) is 8.21. The Bertz CT molecular complexity index is 591. The van der Waals surface area contributed by atoms with Gasteiger partial charge < -0.3 is 10.6 Å². The van der Waals surface area contributed by atoms with Crippen LogP contribution >= 0.6 is 11.3 Å². The van der Waals surface area contributed by atoms with Crippen molar-refractivity contribution in [1.82, 2.24) is 10.3 Å². The fraction of sp³-hybridized carbons (Fsp3) is 0.375. The van der Waals surface area contributed by atoms with Crippen LogP contribution in [-0.2, 0) is 4.79 Å². The third-order valence-electron chi connectivity index (χ3n) is 3.76. The topological polar surface area (TPSA) is 54.0 Å². The first-order valence-electron chi connectivity index (χ1n) is 7.33. The summed E-state index contributed by atoms with van der Waals surface area (Å²) in [5.41, 5.74) is 1.99. The van der Waals surface area contributed by atoms with E-state index < -0.39 is 0 Å². The van der Waals surface area contributed by atoms with Gasteiger partial charge in [-0.15, -0.1) is 11.3 Å². The van der Waals surface area contributed by atoms with Gasteiger partial charge in [-0.25, -0.2) is 4.98 Å². The molecule has 1 aliphatic heterocycles. The van der Waals surface area contributed by atoms with E-state index in [0.717, 1.165) is 30.8 Å². The number of nitrogens with zero attached hydrogens (tertiary/aromatic N) is 1. The molecule has 2 heterocycles. The summed E-state index contributed by atoms with van der Waals surface area (Å²) in [4.78, 5) is 16.4. The summed E-state index contributed by atoms with van der Waals surface area (Å²) in [5, 5.41) is 8.89. The molecule has 2 aromatic rings. The van der Waals surface area contributed by atoms with Gasteiger partial charge in [0.05, 0.1) is 5.69 Å². The minimum atomic E-state index is 0.0656. The molecule has 1 atom stereocenters. The second-order valence-corrected chi connectivity index (χ2v) is 6.21. The molecular weight excluding hydrogens is 282 g/mol. The van der Waals surface area contributed by atoms with Crippen LogP contribution in [0.2, 0.25) is 0 Å². The predicted molar refractivity (Wildman–Crippen MR) is 86.4 cm³/mol. The van der Waals surface area contributed by atoms with Crippen LogP contribution in [0, 0.1) is 5.92 Å². The Morgan fingerprint density at radius 3 is 3.00 bits per heavy atom. The Morgan fingerprint density at radius 2 is 2.24 bits per heavy atom. The highest BCUT2D eigenvalue weighted by atomic mass is 32.1. The Labute approximate surface area is 128 Å². The average Bonchev–Trinajstić information content (AvgIpc) is 3.17. The zero-order chi connectivity index (χ0) is 14.5. The van der Waals surface area contributed by atoms with Crippen LogP contribution in [0.25, 0.3) is 11.3 Å². The third kappa shape index (κ3) is 3.89. The van der Waals surface area contributed by atoms with Gasteiger partial charge in [-0.05, 0) is 31.8 Å². The Balaban J connectivity index is 1.53. The first kappa shape index (κ1) is 14.2. The predicted octanol–water partition coefficient (Wildman–Crippen LogP) is 3.14. The number of nitrogens with one attached hydrogen (secondary N) is 2. The van der Waals surface area contributed by atoms with Gasteiger partial charge in [0, 0.05) is 17.4 Å². The summed E-state index contributed by atoms with van der Waals surface area (Å²) in [6.07, 6.45) is 2.71. The minimum Gasteiger partial charge on any atom is -0.316 e. The van der Waals surface area contributed by atoms with Crippen LogP contribution in [0.1, 0.15) is 19.3 Å². The van der Waals surface area contributed by atoms with Crippen molar-refractivity contribution in [3.05, 3.63) is 35.7 Å². The molecule has 0 spiro atoms. The van der Waals surface area contributed by atoms with E-state index in [2.05, 4.69) is 15.6 Å². The van der Waals surface area contributed by atoms with Crippen molar-refractivity contribution >= 4 is 22.4 Å². The molecule has 0 aliphatic carbocycles. The zero-order valence-electron chi connectivity index (χ0n) is 11.8. The van der Waals surface area contributed by atoms with E-state index >= 15 is 0 Å². The highest BCUT2D eigenvalue weighted by Gasteiger charge is 2.16. The Morgan fingerprint density at radius 1 is 1.38 bits per heavy atom. The molecule has 1 aromatic heterocycles. The number of thiazole rings is 1. The van der Waals surface area contributed by atoms with Crippen molar-refractivity contribution in [3.8, 4) is 11.3 Å². The van der Waals surface area contributed by atoms with Crippen molar-refractivity contribution in [2.45, 2.75) is 19.3 Å². The fourth-order valence-corrected chi connectivity index (χ4v) is 3.29. The monoisotopic (exact) mass is 301 g/mol. The number of anilines is 1. The molecule has 0 bridgehead atoms. The highest BCUT2D eigenvalue weighted by Crippen LogP contribution is 2.25. The van der Waals surface area contributed by atoms with Crippen LogP contribution < -0.4 is 10.6 Å². The summed E-state index contributed by atoms with van der Waals surface area (Å²) in [5.74, 6) is 0.711. The number of amides is 1. The van der Waals surface area contributed by atoms with Crippen molar-refractivity contribution in [2.24, 2.45) is 5.92 Å². The molecule has 1 fully saturated rings. The number of rotatable bonds is 5. The van der Waals surface area contributed by atoms with Crippen LogP contribution in [0.3, 0.4) is 0 Å². The maximum absolute atomic E-state index is 12.0. The molecule has 0 saturated carbocycles. The normalized spacial score (nSPS) is 17.8. The molecule has 3 rings (SSSR count). The van der Waals surface area contributed by atoms with E-state index in [1.807, 2.05) is 35.7 Å². The summed E-state index contributed by atoms with van der Waals surface area (Å²) in [6.45, 7) is 2.13. The number of benzene rings is 1. The van der Waals surface area contributed by atoms with Gasteiger partial charge in [0.2, 0.25) is 5.91 Å². The summed E-state index contributed by atoms with van der Waals surface area (Å²) in [7, 11) is 0. The maximum Gasteiger partial charge on any atom is 0.226 e. The van der Waals surface area contributed by atoms with Gasteiger partial charge in [-0.1, -0.05) is 30.3 Å². The van der Waals surface area contributed by atoms with E-state index in [1.165, 1.54) is 17.8 Å². The number of hydrogen-bond acceptors (Lipinski definition) is 4. The number of aromatic nitrogens is 1. The Kier molecular flexibility index (Phi) is 4.62. The van der Waals surface area contributed by atoms with Gasteiger partial charge in [0.15, 0.2) is 5.13 Å². The largest absolute Gasteiger partial charge is 0.316 e. The molecule has 1 saturated heterocycles. The van der Waals surface area contributed by atoms with E-state index in [-0.39, 0.29) is 5.91 Å². The second kappa shape index (κ2) is 6.83. The lowest BCUT2D eigenvalue weighted by atomic mass is 10.0. The van der Waals surface area contributed by atoms with Gasteiger partial charge >= 0.3 is 0 Å². The Hall–Kier alpha value is -1.72. The molecule has 2 N–H and O–H groups in total. The van der Waals surface area contributed by atoms with Crippen LogP contribution in [0.4, 0.5) is 5.13 Å². The van der Waals surface area contributed by atoms with Crippen molar-refractivity contribution < 1.29 is 4.79 Å². The molecule has 0 radical (unpaired) electrons. The molecule has 5 heteroatoms. The second-order valence-electron chi connectivity index (χ2n) is 5.35. The van der Waals surface area contributed by atoms with E-state index in [9.17, 15) is 4.79 Å². The lowest BCUT2D eigenvalue weighted by Gasteiger charge is -2.07. The highest BCUT2D eigenvalue weighted by molar-refractivity contribution is 7.14. The van der Waals surface area contributed by atoms with Gasteiger partial charge in [0.1, 0.15) is 0 Å². The molecule has 4 nitrogen and oxygen atoms in total. The molecule has 1 amide bonds. The SMILES string of the molecule is O=C(CCC1CCNC1)Nc1nc(-c2ccccc2)cs1. The van der Waals surface area contributed by atoms with E-state index in [1.54, 1.807) is 0 Å². The average molecular weight is 301 g/mol. The smallest absolute Gasteiger partial charge is 0.226 e. The van der Waals surface area contributed by atoms with Gasteiger partial charge in [-0.2, -0.15) is 0 Å². The van der Waals surface area contributed by atoms with Crippen molar-refractivity contribution in [3.63, 3.8) is 0 Å². The lowest BCUT2D eigenvalue weighted by molar-refractivity contribution is -0.116. The molecular formula is C16H19N3OS. The molecule has 21 heavy (non-hydrogen) atoms. The summed E-state index contributed by atoms with van der Waals surface area (Å²) in [6, 6.07) is 10.0. The van der Waals surface area contributed by atoms with Crippen molar-refractivity contribution in [1.29, 1.82) is 0 Å². The zero-order valence-corrected chi connectivity index (χ0v) is 12.7. The minimum absolute atomic E-state index is 0.0656. The summed E-state index contributed by atoms with van der Waals surface area (Å²) < 4.78 is 0. The van der Waals surface area contributed by atoms with E-state index in [4.69, 9.17) is 0 Å². The van der Waals surface area contributed by atoms with Gasteiger partial charge in [0.25, 0.3) is 0 Å². The quantitative estimate of drug-likeness (QED) is 0.892. The number of hydrogen-bond donors (Lipinski definition) is 2. The maximum atomic E-state index is 12.0. The number of carbonyl (C=O) groups is 1.